The van der Waals surface area contributed by atoms with Gasteiger partial charge in [-0.2, -0.15) is 0 Å². The van der Waals surface area contributed by atoms with Crippen LogP contribution in [0.25, 0.3) is 10.9 Å². The van der Waals surface area contributed by atoms with Gasteiger partial charge in [0.25, 0.3) is 5.91 Å². The van der Waals surface area contributed by atoms with Crippen LogP contribution in [0, 0.1) is 20.8 Å². The molecule has 1 fully saturated rings. The Morgan fingerprint density at radius 2 is 2.09 bits per heavy atom. The van der Waals surface area contributed by atoms with Crippen LogP contribution < -0.4 is 0 Å². The molecule has 2 aromatic rings. The molecule has 0 spiro atoms. The number of nitrogens with zero attached hydrogens (tertiary/aromatic N) is 1. The maximum absolute atomic E-state index is 12.8. The summed E-state index contributed by atoms with van der Waals surface area (Å²) in [5.74, 6) is 0.0462. The molecule has 0 saturated carbocycles. The molecule has 0 radical (unpaired) electrons. The molecular weight excluding hydrogens is 288 g/mol. The van der Waals surface area contributed by atoms with E-state index in [9.17, 15) is 4.79 Å². The molecule has 1 saturated heterocycles. The van der Waals surface area contributed by atoms with Crippen molar-refractivity contribution in [3.05, 3.63) is 34.5 Å². The number of hydrogen-bond donors (Lipinski definition) is 1. The number of amides is 1. The lowest BCUT2D eigenvalue weighted by Gasteiger charge is -2.27. The maximum Gasteiger partial charge on any atom is 0.270 e. The van der Waals surface area contributed by atoms with Gasteiger partial charge in [0.1, 0.15) is 5.69 Å². The molecular formula is C19H26N2O2. The van der Waals surface area contributed by atoms with E-state index in [4.69, 9.17) is 4.74 Å². The minimum absolute atomic E-state index is 0.0462. The van der Waals surface area contributed by atoms with Crippen LogP contribution in [-0.2, 0) is 4.74 Å². The zero-order valence-electron chi connectivity index (χ0n) is 14.5. The quantitative estimate of drug-likeness (QED) is 0.938. The molecule has 1 unspecified atom stereocenters. The second kappa shape index (κ2) is 6.36. The van der Waals surface area contributed by atoms with Crippen molar-refractivity contribution in [2.45, 2.75) is 46.1 Å². The van der Waals surface area contributed by atoms with Gasteiger partial charge < -0.3 is 14.6 Å². The lowest BCUT2D eigenvalue weighted by atomic mass is 10.1. The summed E-state index contributed by atoms with van der Waals surface area (Å²) in [7, 11) is 1.86. The van der Waals surface area contributed by atoms with Gasteiger partial charge in [0.05, 0.1) is 6.10 Å². The fourth-order valence-electron chi connectivity index (χ4n) is 3.53. The summed E-state index contributed by atoms with van der Waals surface area (Å²) in [6.45, 7) is 7.67. The van der Waals surface area contributed by atoms with Gasteiger partial charge in [-0.1, -0.05) is 11.6 Å². The Labute approximate surface area is 137 Å². The van der Waals surface area contributed by atoms with Gasteiger partial charge >= 0.3 is 0 Å². The fourth-order valence-corrected chi connectivity index (χ4v) is 3.53. The number of carbonyl (C=O) groups excluding carboxylic acids is 1. The summed E-state index contributed by atoms with van der Waals surface area (Å²) in [5, 5.41) is 1.15. The Bertz CT molecular complexity index is 727. The molecule has 1 aromatic carbocycles. The van der Waals surface area contributed by atoms with Crippen LogP contribution in [0.5, 0.6) is 0 Å². The molecule has 1 N–H and O–H groups in total. The first-order valence-electron chi connectivity index (χ1n) is 8.44. The van der Waals surface area contributed by atoms with Crippen LogP contribution in [0.3, 0.4) is 0 Å². The molecule has 0 aliphatic carbocycles. The predicted octanol–water partition coefficient (Wildman–Crippen LogP) is 3.73. The fraction of sp³-hybridized carbons (Fsp3) is 0.526. The summed E-state index contributed by atoms with van der Waals surface area (Å²) in [5.41, 5.74) is 5.21. The Hall–Kier alpha value is -1.81. The van der Waals surface area contributed by atoms with Crippen LogP contribution in [0.4, 0.5) is 0 Å². The molecule has 1 aliphatic heterocycles. The molecule has 4 nitrogen and oxygen atoms in total. The molecule has 1 atom stereocenters. The zero-order valence-corrected chi connectivity index (χ0v) is 14.5. The average molecular weight is 314 g/mol. The van der Waals surface area contributed by atoms with E-state index in [1.807, 2.05) is 14.0 Å². The summed E-state index contributed by atoms with van der Waals surface area (Å²) in [6, 6.07) is 4.29. The van der Waals surface area contributed by atoms with Gasteiger partial charge in [-0.25, -0.2) is 0 Å². The Balaban J connectivity index is 1.85. The van der Waals surface area contributed by atoms with Crippen molar-refractivity contribution in [3.63, 3.8) is 0 Å². The van der Waals surface area contributed by atoms with E-state index in [2.05, 4.69) is 31.0 Å². The number of aromatic amines is 1. The summed E-state index contributed by atoms with van der Waals surface area (Å²) in [6.07, 6.45) is 3.54. The molecule has 124 valence electrons. The molecule has 1 amide bonds. The third-order valence-electron chi connectivity index (χ3n) is 4.82. The number of aromatic nitrogens is 1. The Morgan fingerprint density at radius 1 is 1.30 bits per heavy atom. The number of ether oxygens (including phenoxy) is 1. The van der Waals surface area contributed by atoms with Gasteiger partial charge in [-0.3, -0.25) is 4.79 Å². The van der Waals surface area contributed by atoms with Gasteiger partial charge in [0, 0.05) is 31.1 Å². The average Bonchev–Trinajstić information content (AvgIpc) is 2.85. The first kappa shape index (κ1) is 16.1. The highest BCUT2D eigenvalue weighted by Gasteiger charge is 2.23. The van der Waals surface area contributed by atoms with E-state index in [0.29, 0.717) is 12.2 Å². The Kier molecular flexibility index (Phi) is 4.44. The summed E-state index contributed by atoms with van der Waals surface area (Å²) in [4.78, 5) is 18.0. The number of H-pyrrole nitrogens is 1. The van der Waals surface area contributed by atoms with Crippen LogP contribution >= 0.6 is 0 Å². The minimum Gasteiger partial charge on any atom is -0.376 e. The number of fused-ring (bicyclic) bond motifs is 1. The number of rotatable bonds is 3. The maximum atomic E-state index is 12.8. The molecule has 1 aromatic heterocycles. The second-order valence-electron chi connectivity index (χ2n) is 6.80. The van der Waals surface area contributed by atoms with E-state index < -0.39 is 0 Å². The molecule has 3 rings (SSSR count). The lowest BCUT2D eigenvalue weighted by molar-refractivity contribution is -0.000287. The highest BCUT2D eigenvalue weighted by Crippen LogP contribution is 2.27. The standard InChI is InChI=1S/C19H26N2O2/c1-12-9-13(2)17-16(10-12)14(3)18(20-17)19(22)21(4)11-15-7-5-6-8-23-15/h9-10,15,20H,5-8,11H2,1-4H3. The van der Waals surface area contributed by atoms with Crippen molar-refractivity contribution in [2.24, 2.45) is 0 Å². The van der Waals surface area contributed by atoms with Crippen LogP contribution in [0.2, 0.25) is 0 Å². The number of hydrogen-bond acceptors (Lipinski definition) is 2. The third kappa shape index (κ3) is 3.13. The van der Waals surface area contributed by atoms with E-state index in [1.54, 1.807) is 4.90 Å². The topological polar surface area (TPSA) is 45.3 Å². The number of likely N-dealkylation sites (N-methyl/N-ethyl adjacent to an activating group) is 1. The smallest absolute Gasteiger partial charge is 0.270 e. The van der Waals surface area contributed by atoms with Crippen molar-refractivity contribution >= 4 is 16.8 Å². The van der Waals surface area contributed by atoms with Crippen LogP contribution in [0.15, 0.2) is 12.1 Å². The van der Waals surface area contributed by atoms with Gasteiger partial charge in [-0.05, 0) is 57.2 Å². The first-order chi connectivity index (χ1) is 11.0. The number of carbonyl (C=O) groups is 1. The van der Waals surface area contributed by atoms with Crippen LogP contribution in [0.1, 0.15) is 46.4 Å². The normalized spacial score (nSPS) is 18.3. The molecule has 1 aliphatic rings. The lowest BCUT2D eigenvalue weighted by Crippen LogP contribution is -2.37. The van der Waals surface area contributed by atoms with Crippen molar-refractivity contribution in [1.29, 1.82) is 0 Å². The van der Waals surface area contributed by atoms with Gasteiger partial charge in [0.15, 0.2) is 0 Å². The van der Waals surface area contributed by atoms with Gasteiger partial charge in [-0.15, -0.1) is 0 Å². The molecule has 23 heavy (non-hydrogen) atoms. The van der Waals surface area contributed by atoms with E-state index in [-0.39, 0.29) is 12.0 Å². The van der Waals surface area contributed by atoms with E-state index in [1.165, 1.54) is 17.5 Å². The minimum atomic E-state index is 0.0462. The monoisotopic (exact) mass is 314 g/mol. The predicted molar refractivity (Wildman–Crippen MR) is 93.1 cm³/mol. The van der Waals surface area contributed by atoms with Gasteiger partial charge in [0.2, 0.25) is 0 Å². The molecule has 4 heteroatoms. The summed E-state index contributed by atoms with van der Waals surface area (Å²) < 4.78 is 5.75. The Morgan fingerprint density at radius 3 is 2.78 bits per heavy atom. The second-order valence-corrected chi connectivity index (χ2v) is 6.80. The highest BCUT2D eigenvalue weighted by molar-refractivity contribution is 6.01. The van der Waals surface area contributed by atoms with Crippen molar-refractivity contribution < 1.29 is 9.53 Å². The molecule has 0 bridgehead atoms. The molecule has 2 heterocycles. The SMILES string of the molecule is Cc1cc(C)c2[nH]c(C(=O)N(C)CC3CCCCO3)c(C)c2c1. The number of benzene rings is 1. The van der Waals surface area contributed by atoms with Crippen molar-refractivity contribution in [2.75, 3.05) is 20.2 Å². The summed E-state index contributed by atoms with van der Waals surface area (Å²) >= 11 is 0. The van der Waals surface area contributed by atoms with E-state index >= 15 is 0 Å². The first-order valence-corrected chi connectivity index (χ1v) is 8.44. The number of aryl methyl sites for hydroxylation is 3. The van der Waals surface area contributed by atoms with Crippen molar-refractivity contribution in [1.82, 2.24) is 9.88 Å². The third-order valence-corrected chi connectivity index (χ3v) is 4.82. The zero-order chi connectivity index (χ0) is 16.6. The largest absolute Gasteiger partial charge is 0.376 e. The van der Waals surface area contributed by atoms with E-state index in [0.717, 1.165) is 35.9 Å². The van der Waals surface area contributed by atoms with Crippen LogP contribution in [-0.4, -0.2) is 42.1 Å². The van der Waals surface area contributed by atoms with Crippen molar-refractivity contribution in [3.8, 4) is 0 Å². The highest BCUT2D eigenvalue weighted by atomic mass is 16.5. The number of nitrogens with one attached hydrogen (secondary N) is 1.